The third-order valence-corrected chi connectivity index (χ3v) is 2.74. The maximum atomic E-state index is 11.9. The summed E-state index contributed by atoms with van der Waals surface area (Å²) in [6.07, 6.45) is 2.80. The standard InChI is InChI=1S/C12H14N4O4/c1-2-3-7-4-8(17)10(11-14-6-15-16(7)11)12(20)13-5-9(18)19/h4,6,17H,2-3,5H2,1H3,(H,13,20)(H,18,19). The molecule has 3 N–H and O–H groups in total. The summed E-state index contributed by atoms with van der Waals surface area (Å²) in [5.74, 6) is -2.11. The van der Waals surface area contributed by atoms with Gasteiger partial charge in [0.15, 0.2) is 5.65 Å². The summed E-state index contributed by atoms with van der Waals surface area (Å²) in [6.45, 7) is 1.45. The second kappa shape index (κ2) is 5.55. The van der Waals surface area contributed by atoms with Crippen LogP contribution in [-0.2, 0) is 11.2 Å². The number of nitrogens with one attached hydrogen (secondary N) is 1. The molecule has 0 saturated heterocycles. The number of hydrogen-bond donors (Lipinski definition) is 3. The number of aromatic nitrogens is 3. The zero-order valence-electron chi connectivity index (χ0n) is 10.8. The Bertz CT molecular complexity index is 665. The first-order chi connectivity index (χ1) is 9.54. The smallest absolute Gasteiger partial charge is 0.322 e. The Hall–Kier alpha value is -2.64. The summed E-state index contributed by atoms with van der Waals surface area (Å²) in [5, 5.41) is 24.7. The van der Waals surface area contributed by atoms with Crippen molar-refractivity contribution in [1.29, 1.82) is 0 Å². The van der Waals surface area contributed by atoms with Crippen LogP contribution in [0, 0.1) is 0 Å². The average Bonchev–Trinajstić information content (AvgIpc) is 2.85. The maximum absolute atomic E-state index is 11.9. The van der Waals surface area contributed by atoms with E-state index in [2.05, 4.69) is 15.4 Å². The van der Waals surface area contributed by atoms with E-state index in [1.807, 2.05) is 6.92 Å². The largest absolute Gasteiger partial charge is 0.507 e. The van der Waals surface area contributed by atoms with Crippen molar-refractivity contribution in [2.24, 2.45) is 0 Å². The zero-order chi connectivity index (χ0) is 14.7. The summed E-state index contributed by atoms with van der Waals surface area (Å²) in [4.78, 5) is 26.4. The molecule has 2 rings (SSSR count). The first kappa shape index (κ1) is 13.8. The van der Waals surface area contributed by atoms with Crippen molar-refractivity contribution in [3.05, 3.63) is 23.7 Å². The van der Waals surface area contributed by atoms with Crippen molar-refractivity contribution >= 4 is 17.5 Å². The Morgan fingerprint density at radius 3 is 2.85 bits per heavy atom. The molecule has 0 aliphatic carbocycles. The molecule has 2 aromatic heterocycles. The van der Waals surface area contributed by atoms with Crippen LogP contribution in [0.2, 0.25) is 0 Å². The number of hydrogen-bond acceptors (Lipinski definition) is 5. The summed E-state index contributed by atoms with van der Waals surface area (Å²) >= 11 is 0. The average molecular weight is 278 g/mol. The normalized spacial score (nSPS) is 10.7. The Labute approximate surface area is 114 Å². The molecule has 0 atom stereocenters. The van der Waals surface area contributed by atoms with Crippen molar-refractivity contribution in [3.63, 3.8) is 0 Å². The van der Waals surface area contributed by atoms with E-state index >= 15 is 0 Å². The summed E-state index contributed by atoms with van der Waals surface area (Å²) in [6, 6.07) is 1.45. The molecule has 8 nitrogen and oxygen atoms in total. The number of pyridine rings is 1. The first-order valence-electron chi connectivity index (χ1n) is 6.09. The number of aliphatic carboxylic acids is 1. The van der Waals surface area contributed by atoms with Gasteiger partial charge in [0.05, 0.1) is 0 Å². The highest BCUT2D eigenvalue weighted by molar-refractivity contribution is 6.03. The highest BCUT2D eigenvalue weighted by atomic mass is 16.4. The van der Waals surface area contributed by atoms with Gasteiger partial charge >= 0.3 is 5.97 Å². The number of carboxylic acid groups (broad SMARTS) is 1. The van der Waals surface area contributed by atoms with Gasteiger partial charge in [-0.2, -0.15) is 5.10 Å². The highest BCUT2D eigenvalue weighted by Crippen LogP contribution is 2.23. The molecule has 8 heteroatoms. The number of carbonyl (C=O) groups is 2. The van der Waals surface area contributed by atoms with Crippen LogP contribution in [-0.4, -0.2) is 43.2 Å². The summed E-state index contributed by atoms with van der Waals surface area (Å²) in [7, 11) is 0. The van der Waals surface area contributed by atoms with Gasteiger partial charge in [-0.25, -0.2) is 9.50 Å². The Kier molecular flexibility index (Phi) is 3.83. The van der Waals surface area contributed by atoms with E-state index in [9.17, 15) is 14.7 Å². The van der Waals surface area contributed by atoms with Gasteiger partial charge in [0.25, 0.3) is 5.91 Å². The van der Waals surface area contributed by atoms with E-state index in [1.165, 1.54) is 16.9 Å². The number of rotatable bonds is 5. The summed E-state index contributed by atoms with van der Waals surface area (Å²) < 4.78 is 1.47. The zero-order valence-corrected chi connectivity index (χ0v) is 10.8. The second-order valence-electron chi connectivity index (χ2n) is 4.22. The number of fused-ring (bicyclic) bond motifs is 1. The van der Waals surface area contributed by atoms with Gasteiger partial charge in [-0.3, -0.25) is 9.59 Å². The van der Waals surface area contributed by atoms with E-state index in [-0.39, 0.29) is 17.0 Å². The van der Waals surface area contributed by atoms with Crippen LogP contribution in [0.1, 0.15) is 29.4 Å². The molecule has 0 aromatic carbocycles. The molecular weight excluding hydrogens is 264 g/mol. The van der Waals surface area contributed by atoms with E-state index in [1.54, 1.807) is 0 Å². The molecule has 0 aliphatic heterocycles. The van der Waals surface area contributed by atoms with Gasteiger partial charge < -0.3 is 15.5 Å². The minimum atomic E-state index is -1.17. The number of carboxylic acids is 1. The minimum Gasteiger partial charge on any atom is -0.507 e. The van der Waals surface area contributed by atoms with Crippen LogP contribution in [0.4, 0.5) is 0 Å². The minimum absolute atomic E-state index is 0.0800. The SMILES string of the molecule is CCCc1cc(O)c(C(=O)NCC(=O)O)c2ncnn12. The topological polar surface area (TPSA) is 117 Å². The predicted molar refractivity (Wildman–Crippen MR) is 68.6 cm³/mol. The maximum Gasteiger partial charge on any atom is 0.322 e. The van der Waals surface area contributed by atoms with E-state index in [0.717, 1.165) is 12.1 Å². The van der Waals surface area contributed by atoms with Crippen molar-refractivity contribution in [1.82, 2.24) is 19.9 Å². The van der Waals surface area contributed by atoms with Crippen molar-refractivity contribution in [3.8, 4) is 5.75 Å². The van der Waals surface area contributed by atoms with Crippen molar-refractivity contribution in [2.45, 2.75) is 19.8 Å². The van der Waals surface area contributed by atoms with Gasteiger partial charge in [-0.05, 0) is 6.42 Å². The lowest BCUT2D eigenvalue weighted by atomic mass is 10.1. The third-order valence-electron chi connectivity index (χ3n) is 2.74. The molecule has 1 amide bonds. The van der Waals surface area contributed by atoms with Gasteiger partial charge in [-0.15, -0.1) is 0 Å². The Morgan fingerprint density at radius 1 is 1.45 bits per heavy atom. The fraction of sp³-hybridized carbons (Fsp3) is 0.333. The lowest BCUT2D eigenvalue weighted by Gasteiger charge is -2.09. The molecule has 2 aromatic rings. The molecule has 0 radical (unpaired) electrons. The van der Waals surface area contributed by atoms with E-state index < -0.39 is 18.4 Å². The Morgan fingerprint density at radius 2 is 2.20 bits per heavy atom. The van der Waals surface area contributed by atoms with Crippen LogP contribution in [0.25, 0.3) is 5.65 Å². The molecule has 2 heterocycles. The van der Waals surface area contributed by atoms with Crippen LogP contribution in [0.15, 0.2) is 12.4 Å². The van der Waals surface area contributed by atoms with Gasteiger partial charge in [0, 0.05) is 11.8 Å². The van der Waals surface area contributed by atoms with Crippen LogP contribution in [0.3, 0.4) is 0 Å². The molecule has 0 aliphatic rings. The van der Waals surface area contributed by atoms with E-state index in [0.29, 0.717) is 6.42 Å². The predicted octanol–water partition coefficient (Wildman–Crippen LogP) is 0.202. The molecule has 0 unspecified atom stereocenters. The number of nitrogens with zero attached hydrogens (tertiary/aromatic N) is 3. The molecule has 0 fully saturated rings. The fourth-order valence-electron chi connectivity index (χ4n) is 1.92. The number of aromatic hydroxyl groups is 1. The van der Waals surface area contributed by atoms with Gasteiger partial charge in [-0.1, -0.05) is 13.3 Å². The Balaban J connectivity index is 2.46. The van der Waals surface area contributed by atoms with Crippen LogP contribution >= 0.6 is 0 Å². The van der Waals surface area contributed by atoms with Crippen molar-refractivity contribution in [2.75, 3.05) is 6.54 Å². The molecule has 20 heavy (non-hydrogen) atoms. The second-order valence-corrected chi connectivity index (χ2v) is 4.22. The first-order valence-corrected chi connectivity index (χ1v) is 6.09. The number of aryl methyl sites for hydroxylation is 1. The molecule has 0 saturated carbocycles. The lowest BCUT2D eigenvalue weighted by molar-refractivity contribution is -0.135. The number of amides is 1. The summed E-state index contributed by atoms with van der Waals surface area (Å²) in [5.41, 5.74) is 0.854. The highest BCUT2D eigenvalue weighted by Gasteiger charge is 2.20. The van der Waals surface area contributed by atoms with Crippen LogP contribution in [0.5, 0.6) is 5.75 Å². The molecule has 0 bridgehead atoms. The monoisotopic (exact) mass is 278 g/mol. The van der Waals surface area contributed by atoms with Gasteiger partial charge in [0.1, 0.15) is 24.2 Å². The molecule has 0 spiro atoms. The van der Waals surface area contributed by atoms with E-state index in [4.69, 9.17) is 5.11 Å². The van der Waals surface area contributed by atoms with Crippen LogP contribution < -0.4 is 5.32 Å². The molecule has 106 valence electrons. The van der Waals surface area contributed by atoms with Crippen molar-refractivity contribution < 1.29 is 19.8 Å². The molecular formula is C12H14N4O4. The lowest BCUT2D eigenvalue weighted by Crippen LogP contribution is -2.29. The van der Waals surface area contributed by atoms with Gasteiger partial charge in [0.2, 0.25) is 0 Å². The number of carbonyl (C=O) groups excluding carboxylic acids is 1. The fourth-order valence-corrected chi connectivity index (χ4v) is 1.92. The third kappa shape index (κ3) is 2.53. The quantitative estimate of drug-likeness (QED) is 0.719.